The van der Waals surface area contributed by atoms with E-state index in [-0.39, 0.29) is 0 Å². The Balaban J connectivity index is 1.48. The summed E-state index contributed by atoms with van der Waals surface area (Å²) < 4.78 is 0. The van der Waals surface area contributed by atoms with Crippen LogP contribution in [0, 0.1) is 11.8 Å². The molecule has 3 atom stereocenters. The molecule has 0 bridgehead atoms. The molecule has 17 heavy (non-hydrogen) atoms. The summed E-state index contributed by atoms with van der Waals surface area (Å²) in [7, 11) is 0. The maximum atomic E-state index is 3.70. The highest BCUT2D eigenvalue weighted by Gasteiger charge is 2.31. The van der Waals surface area contributed by atoms with E-state index in [0.29, 0.717) is 0 Å². The highest BCUT2D eigenvalue weighted by Crippen LogP contribution is 2.36. The van der Waals surface area contributed by atoms with Crippen LogP contribution < -0.4 is 5.32 Å². The fourth-order valence-corrected chi connectivity index (χ4v) is 4.23. The number of piperidine rings is 2. The van der Waals surface area contributed by atoms with Gasteiger partial charge in [0.1, 0.15) is 0 Å². The molecule has 2 aliphatic heterocycles. The van der Waals surface area contributed by atoms with Gasteiger partial charge in [-0.3, -0.25) is 0 Å². The third-order valence-electron chi connectivity index (χ3n) is 5.27. The van der Waals surface area contributed by atoms with Crippen molar-refractivity contribution in [3.05, 3.63) is 0 Å². The average Bonchev–Trinajstić information content (AvgIpc) is 2.40. The zero-order chi connectivity index (χ0) is 11.5. The third kappa shape index (κ3) is 3.03. The minimum absolute atomic E-state index is 0.795. The first kappa shape index (κ1) is 12.0. The van der Waals surface area contributed by atoms with E-state index in [1.807, 2.05) is 0 Å². The van der Waals surface area contributed by atoms with Gasteiger partial charge in [-0.2, -0.15) is 0 Å². The van der Waals surface area contributed by atoms with Gasteiger partial charge in [-0.25, -0.2) is 0 Å². The van der Waals surface area contributed by atoms with E-state index in [1.165, 1.54) is 77.5 Å². The highest BCUT2D eigenvalue weighted by molar-refractivity contribution is 4.86. The lowest BCUT2D eigenvalue weighted by molar-refractivity contribution is 0.0772. The van der Waals surface area contributed by atoms with Crippen molar-refractivity contribution in [1.29, 1.82) is 0 Å². The standard InChI is InChI=1S/C15H28N2/c1-2-6-14-11-17(10-8-13(14)5-1)12-15-7-3-4-9-16-15/h13-16H,1-12H2/t13-,14-,15-/m1/s1. The molecule has 3 fully saturated rings. The predicted octanol–water partition coefficient (Wildman–Crippen LogP) is 2.64. The van der Waals surface area contributed by atoms with E-state index >= 15 is 0 Å². The highest BCUT2D eigenvalue weighted by atomic mass is 15.2. The van der Waals surface area contributed by atoms with Crippen LogP contribution >= 0.6 is 0 Å². The van der Waals surface area contributed by atoms with Crippen LogP contribution in [0.3, 0.4) is 0 Å². The Morgan fingerprint density at radius 1 is 0.882 bits per heavy atom. The van der Waals surface area contributed by atoms with E-state index in [4.69, 9.17) is 0 Å². The van der Waals surface area contributed by atoms with Gasteiger partial charge in [0.05, 0.1) is 0 Å². The van der Waals surface area contributed by atoms with Crippen molar-refractivity contribution >= 4 is 0 Å². The van der Waals surface area contributed by atoms with Crippen molar-refractivity contribution in [3.63, 3.8) is 0 Å². The molecule has 0 aromatic carbocycles. The molecule has 2 nitrogen and oxygen atoms in total. The molecular formula is C15H28N2. The monoisotopic (exact) mass is 236 g/mol. The van der Waals surface area contributed by atoms with E-state index in [1.54, 1.807) is 0 Å². The molecule has 0 radical (unpaired) electrons. The zero-order valence-electron chi connectivity index (χ0n) is 11.2. The maximum absolute atomic E-state index is 3.70. The van der Waals surface area contributed by atoms with Crippen molar-refractivity contribution in [2.24, 2.45) is 11.8 Å². The summed E-state index contributed by atoms with van der Waals surface area (Å²) in [6, 6.07) is 0.795. The summed E-state index contributed by atoms with van der Waals surface area (Å²) in [6.45, 7) is 5.36. The lowest BCUT2D eigenvalue weighted by Gasteiger charge is -2.42. The molecule has 2 saturated heterocycles. The van der Waals surface area contributed by atoms with E-state index in [0.717, 1.165) is 17.9 Å². The number of nitrogens with one attached hydrogen (secondary N) is 1. The van der Waals surface area contributed by atoms with Crippen molar-refractivity contribution in [2.75, 3.05) is 26.2 Å². The maximum Gasteiger partial charge on any atom is 0.0195 e. The first-order valence-electron chi connectivity index (χ1n) is 7.87. The van der Waals surface area contributed by atoms with Gasteiger partial charge in [-0.15, -0.1) is 0 Å². The Morgan fingerprint density at radius 3 is 2.53 bits per heavy atom. The van der Waals surface area contributed by atoms with Crippen molar-refractivity contribution in [2.45, 2.75) is 57.4 Å². The molecule has 2 heteroatoms. The Hall–Kier alpha value is -0.0800. The quantitative estimate of drug-likeness (QED) is 0.793. The first-order valence-corrected chi connectivity index (χ1v) is 7.87. The summed E-state index contributed by atoms with van der Waals surface area (Å²) >= 11 is 0. The topological polar surface area (TPSA) is 15.3 Å². The van der Waals surface area contributed by atoms with Crippen molar-refractivity contribution < 1.29 is 0 Å². The predicted molar refractivity (Wildman–Crippen MR) is 72.1 cm³/mol. The molecule has 3 rings (SSSR count). The molecule has 0 aromatic heterocycles. The van der Waals surface area contributed by atoms with Crippen LogP contribution in [0.25, 0.3) is 0 Å². The second-order valence-corrected chi connectivity index (χ2v) is 6.50. The van der Waals surface area contributed by atoms with E-state index in [9.17, 15) is 0 Å². The molecule has 0 aromatic rings. The van der Waals surface area contributed by atoms with Crippen LogP contribution in [0.4, 0.5) is 0 Å². The largest absolute Gasteiger partial charge is 0.313 e. The number of likely N-dealkylation sites (tertiary alicyclic amines) is 1. The summed E-state index contributed by atoms with van der Waals surface area (Å²) in [6.07, 6.45) is 11.8. The van der Waals surface area contributed by atoms with Gasteiger partial charge in [0.25, 0.3) is 0 Å². The Morgan fingerprint density at radius 2 is 1.71 bits per heavy atom. The number of hydrogen-bond donors (Lipinski definition) is 1. The van der Waals surface area contributed by atoms with Gasteiger partial charge < -0.3 is 10.2 Å². The third-order valence-corrected chi connectivity index (χ3v) is 5.27. The van der Waals surface area contributed by atoms with Crippen molar-refractivity contribution in [3.8, 4) is 0 Å². The zero-order valence-corrected chi connectivity index (χ0v) is 11.2. The first-order chi connectivity index (χ1) is 8.42. The number of nitrogens with zero attached hydrogens (tertiary/aromatic N) is 1. The van der Waals surface area contributed by atoms with Crippen LogP contribution in [0.5, 0.6) is 0 Å². The molecule has 0 unspecified atom stereocenters. The number of rotatable bonds is 2. The molecule has 98 valence electrons. The van der Waals surface area contributed by atoms with Gasteiger partial charge >= 0.3 is 0 Å². The Kier molecular flexibility index (Phi) is 4.02. The molecule has 3 aliphatic rings. The normalized spacial score (nSPS) is 39.9. The van der Waals surface area contributed by atoms with Crippen LogP contribution in [0.1, 0.15) is 51.4 Å². The molecule has 2 heterocycles. The average molecular weight is 236 g/mol. The molecule has 1 saturated carbocycles. The van der Waals surface area contributed by atoms with Gasteiger partial charge in [-0.1, -0.05) is 25.7 Å². The molecule has 0 amide bonds. The minimum Gasteiger partial charge on any atom is -0.313 e. The molecule has 1 aliphatic carbocycles. The summed E-state index contributed by atoms with van der Waals surface area (Å²) in [4.78, 5) is 2.76. The molecule has 1 N–H and O–H groups in total. The number of hydrogen-bond acceptors (Lipinski definition) is 2. The minimum atomic E-state index is 0.795. The smallest absolute Gasteiger partial charge is 0.0195 e. The second kappa shape index (κ2) is 5.71. The Labute approximate surface area is 106 Å². The van der Waals surface area contributed by atoms with Crippen LogP contribution in [-0.4, -0.2) is 37.1 Å². The second-order valence-electron chi connectivity index (χ2n) is 6.50. The van der Waals surface area contributed by atoms with Gasteiger partial charge in [-0.05, 0) is 50.6 Å². The van der Waals surface area contributed by atoms with E-state index < -0.39 is 0 Å². The Bertz CT molecular complexity index is 233. The van der Waals surface area contributed by atoms with Crippen LogP contribution in [0.2, 0.25) is 0 Å². The molecule has 0 spiro atoms. The van der Waals surface area contributed by atoms with E-state index in [2.05, 4.69) is 10.2 Å². The van der Waals surface area contributed by atoms with Crippen LogP contribution in [0.15, 0.2) is 0 Å². The fraction of sp³-hybridized carbons (Fsp3) is 1.00. The van der Waals surface area contributed by atoms with Crippen LogP contribution in [-0.2, 0) is 0 Å². The van der Waals surface area contributed by atoms with Crippen molar-refractivity contribution in [1.82, 2.24) is 10.2 Å². The van der Waals surface area contributed by atoms with Gasteiger partial charge in [0.2, 0.25) is 0 Å². The number of fused-ring (bicyclic) bond motifs is 1. The lowest BCUT2D eigenvalue weighted by Crippen LogP contribution is -2.49. The lowest BCUT2D eigenvalue weighted by atomic mass is 9.75. The van der Waals surface area contributed by atoms with Gasteiger partial charge in [0, 0.05) is 19.1 Å². The summed E-state index contributed by atoms with van der Waals surface area (Å²) in [5.41, 5.74) is 0. The molecular weight excluding hydrogens is 208 g/mol. The summed E-state index contributed by atoms with van der Waals surface area (Å²) in [5.74, 6) is 2.13. The summed E-state index contributed by atoms with van der Waals surface area (Å²) in [5, 5.41) is 3.70. The fourth-order valence-electron chi connectivity index (χ4n) is 4.23. The van der Waals surface area contributed by atoms with Gasteiger partial charge in [0.15, 0.2) is 0 Å². The SMILES string of the molecule is C1CC[C@H](CN2CC[C@H]3CCCC[C@@H]3C2)NC1.